The number of carbonyl (C=O) groups is 1. The Morgan fingerprint density at radius 1 is 1.19 bits per heavy atom. The van der Waals surface area contributed by atoms with Crippen LogP contribution in [-0.4, -0.2) is 40.2 Å². The van der Waals surface area contributed by atoms with Crippen LogP contribution in [0.25, 0.3) is 0 Å². The molecule has 4 rings (SSSR count). The smallest absolute Gasteiger partial charge is 0.255 e. The van der Waals surface area contributed by atoms with Crippen molar-refractivity contribution in [2.45, 2.75) is 50.2 Å². The average Bonchev–Trinajstić information content (AvgIpc) is 3.46. The Kier molecular flexibility index (Phi) is 5.81. The van der Waals surface area contributed by atoms with E-state index in [4.69, 9.17) is 14.2 Å². The predicted molar refractivity (Wildman–Crippen MR) is 116 cm³/mol. The zero-order valence-electron chi connectivity index (χ0n) is 17.7. The largest absolute Gasteiger partial charge is 0.495 e. The lowest BCUT2D eigenvalue weighted by Crippen LogP contribution is -2.26. The highest BCUT2D eigenvalue weighted by Crippen LogP contribution is 2.38. The Bertz CT molecular complexity index is 1110. The number of fused-ring (bicyclic) bond motifs is 1. The summed E-state index contributed by atoms with van der Waals surface area (Å²) in [5.41, 5.74) is 1.68. The van der Waals surface area contributed by atoms with Crippen molar-refractivity contribution < 1.29 is 27.4 Å². The van der Waals surface area contributed by atoms with Gasteiger partial charge in [-0.05, 0) is 51.0 Å². The van der Waals surface area contributed by atoms with E-state index in [1.807, 2.05) is 19.9 Å². The molecule has 0 saturated heterocycles. The fourth-order valence-corrected chi connectivity index (χ4v) is 5.02. The van der Waals surface area contributed by atoms with E-state index < -0.39 is 15.9 Å². The Hall–Kier alpha value is -2.78. The van der Waals surface area contributed by atoms with Crippen molar-refractivity contribution in [3.63, 3.8) is 0 Å². The second-order valence-electron chi connectivity index (χ2n) is 7.74. The number of nitrogens with one attached hydrogen (secondary N) is 2. The molecule has 1 aliphatic heterocycles. The molecule has 9 heteroatoms. The van der Waals surface area contributed by atoms with Gasteiger partial charge in [-0.15, -0.1) is 0 Å². The monoisotopic (exact) mass is 446 g/mol. The van der Waals surface area contributed by atoms with Gasteiger partial charge in [0.2, 0.25) is 10.0 Å². The lowest BCUT2D eigenvalue weighted by molar-refractivity contribution is 0.102. The Labute approximate surface area is 181 Å². The quantitative estimate of drug-likeness (QED) is 0.646. The van der Waals surface area contributed by atoms with E-state index in [1.54, 1.807) is 6.07 Å². The molecule has 1 saturated carbocycles. The molecule has 1 fully saturated rings. The fourth-order valence-electron chi connectivity index (χ4n) is 3.52. The first-order valence-electron chi connectivity index (χ1n) is 10.3. The van der Waals surface area contributed by atoms with E-state index in [1.165, 1.54) is 25.3 Å². The molecule has 0 bridgehead atoms. The minimum absolute atomic E-state index is 0.0590. The zero-order valence-corrected chi connectivity index (χ0v) is 18.5. The van der Waals surface area contributed by atoms with Gasteiger partial charge >= 0.3 is 0 Å². The lowest BCUT2D eigenvalue weighted by Gasteiger charge is -2.15. The van der Waals surface area contributed by atoms with Gasteiger partial charge in [0.25, 0.3) is 5.91 Å². The van der Waals surface area contributed by atoms with Crippen LogP contribution < -0.4 is 24.2 Å². The van der Waals surface area contributed by atoms with Crippen LogP contribution in [-0.2, 0) is 16.4 Å². The molecular weight excluding hydrogens is 420 g/mol. The Balaban J connectivity index is 1.63. The molecule has 1 amide bonds. The average molecular weight is 447 g/mol. The van der Waals surface area contributed by atoms with Crippen molar-refractivity contribution in [1.29, 1.82) is 0 Å². The molecule has 1 unspecified atom stereocenters. The molecule has 2 aliphatic rings. The predicted octanol–water partition coefficient (Wildman–Crippen LogP) is 3.11. The molecule has 0 spiro atoms. The number of methoxy groups -OCH3 is 1. The van der Waals surface area contributed by atoms with Gasteiger partial charge < -0.3 is 19.5 Å². The van der Waals surface area contributed by atoms with E-state index in [9.17, 15) is 13.2 Å². The number of sulfonamides is 1. The normalized spacial score (nSPS) is 17.6. The third-order valence-electron chi connectivity index (χ3n) is 5.16. The molecule has 0 aromatic heterocycles. The number of hydrogen-bond acceptors (Lipinski definition) is 6. The standard InChI is InChI=1S/C22H26N2O6S/c1-4-29-20-10-15-9-13(2)30-19(15)12-17(20)23-22(25)14-5-8-18(28-3)21(11-14)31(26,27)24-16-6-7-16/h5,8,10-13,16,24H,4,6-7,9H2,1-3H3,(H,23,25). The fraction of sp³-hybridized carbons (Fsp3) is 0.409. The minimum Gasteiger partial charge on any atom is -0.495 e. The molecule has 166 valence electrons. The van der Waals surface area contributed by atoms with E-state index >= 15 is 0 Å². The van der Waals surface area contributed by atoms with Crippen molar-refractivity contribution in [3.05, 3.63) is 41.5 Å². The second kappa shape index (κ2) is 8.39. The molecule has 31 heavy (non-hydrogen) atoms. The summed E-state index contributed by atoms with van der Waals surface area (Å²) in [6.45, 7) is 4.29. The van der Waals surface area contributed by atoms with Crippen LogP contribution >= 0.6 is 0 Å². The van der Waals surface area contributed by atoms with Gasteiger partial charge in [0, 0.05) is 29.7 Å². The zero-order chi connectivity index (χ0) is 22.2. The van der Waals surface area contributed by atoms with Crippen LogP contribution in [0.15, 0.2) is 35.2 Å². The van der Waals surface area contributed by atoms with Gasteiger partial charge in [-0.25, -0.2) is 13.1 Å². The van der Waals surface area contributed by atoms with Crippen LogP contribution in [0, 0.1) is 0 Å². The molecule has 1 heterocycles. The summed E-state index contributed by atoms with van der Waals surface area (Å²) in [6, 6.07) is 7.89. The van der Waals surface area contributed by atoms with E-state index in [2.05, 4.69) is 10.0 Å². The van der Waals surface area contributed by atoms with Crippen molar-refractivity contribution in [2.24, 2.45) is 0 Å². The summed E-state index contributed by atoms with van der Waals surface area (Å²) in [5.74, 6) is 0.971. The number of benzene rings is 2. The maximum absolute atomic E-state index is 13.0. The first-order valence-corrected chi connectivity index (χ1v) is 11.8. The summed E-state index contributed by atoms with van der Waals surface area (Å²) >= 11 is 0. The third-order valence-corrected chi connectivity index (χ3v) is 6.70. The van der Waals surface area contributed by atoms with Crippen molar-refractivity contribution in [1.82, 2.24) is 4.72 Å². The van der Waals surface area contributed by atoms with Crippen LogP contribution in [0.2, 0.25) is 0 Å². The van der Waals surface area contributed by atoms with Crippen LogP contribution in [0.3, 0.4) is 0 Å². The Morgan fingerprint density at radius 2 is 1.97 bits per heavy atom. The second-order valence-corrected chi connectivity index (χ2v) is 9.42. The summed E-state index contributed by atoms with van der Waals surface area (Å²) < 4.78 is 44.8. The highest BCUT2D eigenvalue weighted by atomic mass is 32.2. The maximum Gasteiger partial charge on any atom is 0.255 e. The highest BCUT2D eigenvalue weighted by molar-refractivity contribution is 7.89. The molecule has 0 radical (unpaired) electrons. The first kappa shape index (κ1) is 21.5. The maximum atomic E-state index is 13.0. The summed E-state index contributed by atoms with van der Waals surface area (Å²) in [7, 11) is -2.41. The minimum atomic E-state index is -3.80. The van der Waals surface area contributed by atoms with E-state index in [0.717, 1.165) is 24.8 Å². The molecule has 2 aromatic rings. The van der Waals surface area contributed by atoms with E-state index in [0.29, 0.717) is 23.8 Å². The highest BCUT2D eigenvalue weighted by Gasteiger charge is 2.30. The summed E-state index contributed by atoms with van der Waals surface area (Å²) in [6.07, 6.45) is 2.45. The van der Waals surface area contributed by atoms with Gasteiger partial charge in [-0.2, -0.15) is 0 Å². The molecule has 1 atom stereocenters. The molecular formula is C22H26N2O6S. The number of hydrogen-bond donors (Lipinski definition) is 2. The van der Waals surface area contributed by atoms with Gasteiger partial charge in [-0.3, -0.25) is 4.79 Å². The molecule has 8 nitrogen and oxygen atoms in total. The number of carbonyl (C=O) groups excluding carboxylic acids is 1. The van der Waals surface area contributed by atoms with Gasteiger partial charge in [-0.1, -0.05) is 0 Å². The van der Waals surface area contributed by atoms with Crippen LogP contribution in [0.1, 0.15) is 42.6 Å². The Morgan fingerprint density at radius 3 is 2.65 bits per heavy atom. The number of amides is 1. The summed E-state index contributed by atoms with van der Waals surface area (Å²) in [5, 5.41) is 2.83. The number of ether oxygens (including phenoxy) is 3. The van der Waals surface area contributed by atoms with Gasteiger partial charge in [0.15, 0.2) is 0 Å². The first-order chi connectivity index (χ1) is 14.8. The van der Waals surface area contributed by atoms with Crippen molar-refractivity contribution in [2.75, 3.05) is 19.0 Å². The van der Waals surface area contributed by atoms with Gasteiger partial charge in [0.1, 0.15) is 28.2 Å². The molecule has 2 aromatic carbocycles. The molecule has 2 N–H and O–H groups in total. The topological polar surface area (TPSA) is 103 Å². The summed E-state index contributed by atoms with van der Waals surface area (Å²) in [4.78, 5) is 12.9. The number of rotatable bonds is 8. The van der Waals surface area contributed by atoms with Crippen LogP contribution in [0.4, 0.5) is 5.69 Å². The van der Waals surface area contributed by atoms with Crippen LogP contribution in [0.5, 0.6) is 17.2 Å². The SMILES string of the molecule is CCOc1cc2c(cc1NC(=O)c1ccc(OC)c(S(=O)(=O)NC3CC3)c1)OC(C)C2. The molecule has 1 aliphatic carbocycles. The third kappa shape index (κ3) is 4.62. The number of anilines is 1. The van der Waals surface area contributed by atoms with Crippen molar-refractivity contribution in [3.8, 4) is 17.2 Å². The lowest BCUT2D eigenvalue weighted by atomic mass is 10.1. The van der Waals surface area contributed by atoms with E-state index in [-0.39, 0.29) is 28.4 Å². The van der Waals surface area contributed by atoms with Gasteiger partial charge in [0.05, 0.1) is 19.4 Å². The van der Waals surface area contributed by atoms with Crippen molar-refractivity contribution >= 4 is 21.6 Å².